The van der Waals surface area contributed by atoms with Gasteiger partial charge in [0.1, 0.15) is 0 Å². The molecule has 1 aliphatic rings. The number of oxazole rings is 1. The van der Waals surface area contributed by atoms with Crippen LogP contribution in [0.2, 0.25) is 0 Å². The lowest BCUT2D eigenvalue weighted by Gasteiger charge is -2.15. The molecule has 1 atom stereocenters. The zero-order valence-corrected chi connectivity index (χ0v) is 12.7. The average molecular weight is 307 g/mol. The fourth-order valence-electron chi connectivity index (χ4n) is 3.32. The van der Waals surface area contributed by atoms with Crippen molar-refractivity contribution in [1.82, 2.24) is 14.9 Å². The highest BCUT2D eigenvalue weighted by Gasteiger charge is 2.28. The van der Waals surface area contributed by atoms with Gasteiger partial charge < -0.3 is 9.32 Å². The summed E-state index contributed by atoms with van der Waals surface area (Å²) < 4.78 is 5.11. The Kier molecular flexibility index (Phi) is 3.54. The molecule has 2 aromatic heterocycles. The largest absolute Gasteiger partial charge is 0.438 e. The van der Waals surface area contributed by atoms with E-state index in [1.165, 1.54) is 23.5 Å². The number of pyridine rings is 1. The number of amides is 1. The van der Waals surface area contributed by atoms with Crippen LogP contribution in [-0.4, -0.2) is 33.9 Å². The zero-order chi connectivity index (χ0) is 15.6. The smallest absolute Gasteiger partial charge is 0.291 e. The van der Waals surface area contributed by atoms with Crippen molar-refractivity contribution in [3.8, 4) is 0 Å². The number of likely N-dealkylation sites (tertiary alicyclic amines) is 1. The van der Waals surface area contributed by atoms with Crippen LogP contribution in [0.5, 0.6) is 0 Å². The Morgan fingerprint density at radius 1 is 1.30 bits per heavy atom. The van der Waals surface area contributed by atoms with Gasteiger partial charge in [-0.05, 0) is 36.5 Å². The number of carbonyl (C=O) groups excluding carboxylic acids is 1. The van der Waals surface area contributed by atoms with E-state index in [-0.39, 0.29) is 5.91 Å². The van der Waals surface area contributed by atoms with Crippen LogP contribution in [0.1, 0.15) is 22.5 Å². The summed E-state index contributed by atoms with van der Waals surface area (Å²) in [5, 5.41) is 1.20. The van der Waals surface area contributed by atoms with Crippen LogP contribution in [0.3, 0.4) is 0 Å². The molecule has 3 heterocycles. The van der Waals surface area contributed by atoms with Crippen molar-refractivity contribution in [3.05, 3.63) is 60.4 Å². The molecule has 1 aromatic carbocycles. The normalized spacial score (nSPS) is 17.7. The van der Waals surface area contributed by atoms with Crippen LogP contribution in [0.4, 0.5) is 0 Å². The van der Waals surface area contributed by atoms with Crippen molar-refractivity contribution in [1.29, 1.82) is 0 Å². The maximum Gasteiger partial charge on any atom is 0.291 e. The molecular weight excluding hydrogens is 290 g/mol. The first kappa shape index (κ1) is 13.9. The van der Waals surface area contributed by atoms with Gasteiger partial charge in [0.25, 0.3) is 5.91 Å². The van der Waals surface area contributed by atoms with E-state index in [0.717, 1.165) is 31.4 Å². The Morgan fingerprint density at radius 2 is 2.26 bits per heavy atom. The molecule has 0 spiro atoms. The maximum absolute atomic E-state index is 12.3. The van der Waals surface area contributed by atoms with Gasteiger partial charge in [-0.2, -0.15) is 0 Å². The number of rotatable bonds is 3. The molecule has 1 aliphatic heterocycles. The molecule has 5 nitrogen and oxygen atoms in total. The monoisotopic (exact) mass is 307 g/mol. The fraction of sp³-hybridized carbons (Fsp3) is 0.278. The lowest BCUT2D eigenvalue weighted by molar-refractivity contribution is 0.0755. The summed E-state index contributed by atoms with van der Waals surface area (Å²) in [5.74, 6) is 0.720. The van der Waals surface area contributed by atoms with E-state index >= 15 is 0 Å². The third-order valence-corrected chi connectivity index (χ3v) is 4.46. The van der Waals surface area contributed by atoms with Gasteiger partial charge in [0, 0.05) is 24.7 Å². The van der Waals surface area contributed by atoms with Gasteiger partial charge in [0.05, 0.1) is 11.7 Å². The Bertz CT molecular complexity index is 824. The predicted octanol–water partition coefficient (Wildman–Crippen LogP) is 2.93. The number of hydrogen-bond acceptors (Lipinski definition) is 4. The van der Waals surface area contributed by atoms with Crippen LogP contribution >= 0.6 is 0 Å². The molecule has 0 aliphatic carbocycles. The SMILES string of the molecule is O=C(c1cnco1)N1CC[C@H](Cc2cccc3ncccc23)C1. The highest BCUT2D eigenvalue weighted by Crippen LogP contribution is 2.25. The Labute approximate surface area is 134 Å². The molecule has 0 bridgehead atoms. The molecule has 116 valence electrons. The molecule has 0 saturated carbocycles. The van der Waals surface area contributed by atoms with E-state index in [2.05, 4.69) is 28.2 Å². The summed E-state index contributed by atoms with van der Waals surface area (Å²) in [6.45, 7) is 1.53. The van der Waals surface area contributed by atoms with Crippen LogP contribution in [-0.2, 0) is 6.42 Å². The Morgan fingerprint density at radius 3 is 3.13 bits per heavy atom. The molecule has 0 unspecified atom stereocenters. The first-order chi connectivity index (χ1) is 11.3. The van der Waals surface area contributed by atoms with Gasteiger partial charge in [-0.3, -0.25) is 9.78 Å². The molecule has 4 rings (SSSR count). The third-order valence-electron chi connectivity index (χ3n) is 4.46. The second kappa shape index (κ2) is 5.83. The quantitative estimate of drug-likeness (QED) is 0.746. The Balaban J connectivity index is 1.49. The molecule has 1 fully saturated rings. The number of nitrogens with zero attached hydrogens (tertiary/aromatic N) is 3. The predicted molar refractivity (Wildman–Crippen MR) is 86.0 cm³/mol. The second-order valence-electron chi connectivity index (χ2n) is 5.96. The van der Waals surface area contributed by atoms with E-state index in [1.807, 2.05) is 23.2 Å². The summed E-state index contributed by atoms with van der Waals surface area (Å²) in [6.07, 6.45) is 6.56. The summed E-state index contributed by atoms with van der Waals surface area (Å²) >= 11 is 0. The molecule has 23 heavy (non-hydrogen) atoms. The number of fused-ring (bicyclic) bond motifs is 1. The number of benzene rings is 1. The lowest BCUT2D eigenvalue weighted by atomic mass is 9.96. The first-order valence-electron chi connectivity index (χ1n) is 7.81. The van der Waals surface area contributed by atoms with Crippen LogP contribution in [0.15, 0.2) is 53.5 Å². The molecule has 5 heteroatoms. The summed E-state index contributed by atoms with van der Waals surface area (Å²) in [7, 11) is 0. The molecule has 0 N–H and O–H groups in total. The number of carbonyl (C=O) groups is 1. The van der Waals surface area contributed by atoms with E-state index < -0.39 is 0 Å². The highest BCUT2D eigenvalue weighted by molar-refractivity contribution is 5.91. The van der Waals surface area contributed by atoms with Gasteiger partial charge in [0.15, 0.2) is 6.39 Å². The molecule has 1 amide bonds. The van der Waals surface area contributed by atoms with Gasteiger partial charge >= 0.3 is 0 Å². The molecule has 3 aromatic rings. The van der Waals surface area contributed by atoms with Crippen molar-refractivity contribution in [2.75, 3.05) is 13.1 Å². The van der Waals surface area contributed by atoms with E-state index in [0.29, 0.717) is 11.7 Å². The van der Waals surface area contributed by atoms with Crippen molar-refractivity contribution < 1.29 is 9.21 Å². The van der Waals surface area contributed by atoms with E-state index in [1.54, 1.807) is 0 Å². The Hall–Kier alpha value is -2.69. The fourth-order valence-corrected chi connectivity index (χ4v) is 3.32. The summed E-state index contributed by atoms with van der Waals surface area (Å²) in [5.41, 5.74) is 2.33. The number of hydrogen-bond donors (Lipinski definition) is 0. The van der Waals surface area contributed by atoms with Gasteiger partial charge in [-0.25, -0.2) is 4.98 Å². The van der Waals surface area contributed by atoms with Crippen molar-refractivity contribution in [2.45, 2.75) is 12.8 Å². The van der Waals surface area contributed by atoms with E-state index in [9.17, 15) is 4.79 Å². The summed E-state index contributed by atoms with van der Waals surface area (Å²) in [6, 6.07) is 10.3. The molecule has 0 radical (unpaired) electrons. The van der Waals surface area contributed by atoms with Crippen LogP contribution in [0, 0.1) is 5.92 Å². The van der Waals surface area contributed by atoms with Crippen molar-refractivity contribution in [2.24, 2.45) is 5.92 Å². The minimum absolute atomic E-state index is 0.0652. The molecule has 1 saturated heterocycles. The maximum atomic E-state index is 12.3. The number of aromatic nitrogens is 2. The van der Waals surface area contributed by atoms with Crippen LogP contribution in [0.25, 0.3) is 10.9 Å². The van der Waals surface area contributed by atoms with Crippen molar-refractivity contribution in [3.63, 3.8) is 0 Å². The topological polar surface area (TPSA) is 59.2 Å². The van der Waals surface area contributed by atoms with Crippen molar-refractivity contribution >= 4 is 16.8 Å². The van der Waals surface area contributed by atoms with E-state index in [4.69, 9.17) is 4.42 Å². The second-order valence-corrected chi connectivity index (χ2v) is 5.96. The van der Waals surface area contributed by atoms with Gasteiger partial charge in [0.2, 0.25) is 5.76 Å². The zero-order valence-electron chi connectivity index (χ0n) is 12.7. The minimum Gasteiger partial charge on any atom is -0.438 e. The minimum atomic E-state index is -0.0652. The molecular formula is C18H17N3O2. The highest BCUT2D eigenvalue weighted by atomic mass is 16.3. The van der Waals surface area contributed by atoms with Gasteiger partial charge in [-0.15, -0.1) is 0 Å². The first-order valence-corrected chi connectivity index (χ1v) is 7.81. The standard InChI is InChI=1S/C18H17N3O2/c22-18(17-10-19-12-23-17)21-8-6-13(11-21)9-14-3-1-5-16-15(14)4-2-7-20-16/h1-5,7,10,12-13H,6,8-9,11H2/t13-/m1/s1. The van der Waals surface area contributed by atoms with Crippen LogP contribution < -0.4 is 0 Å². The van der Waals surface area contributed by atoms with Gasteiger partial charge in [-0.1, -0.05) is 18.2 Å². The third kappa shape index (κ3) is 2.70. The summed E-state index contributed by atoms with van der Waals surface area (Å²) in [4.78, 5) is 22.4. The lowest BCUT2D eigenvalue weighted by Crippen LogP contribution is -2.28. The average Bonchev–Trinajstić information content (AvgIpc) is 3.27.